The quantitative estimate of drug-likeness (QED) is 0.748. The second kappa shape index (κ2) is 6.11. The number of rotatable bonds is 4. The van der Waals surface area contributed by atoms with Gasteiger partial charge in [0, 0.05) is 12.0 Å². The third-order valence-corrected chi connectivity index (χ3v) is 3.40. The van der Waals surface area contributed by atoms with E-state index in [0.717, 1.165) is 38.5 Å². The van der Waals surface area contributed by atoms with Crippen molar-refractivity contribution in [2.75, 3.05) is 0 Å². The fourth-order valence-electron chi connectivity index (χ4n) is 2.20. The smallest absolute Gasteiger partial charge is 0.223 e. The zero-order valence-corrected chi connectivity index (χ0v) is 9.83. The van der Waals surface area contributed by atoms with E-state index in [4.69, 9.17) is 0 Å². The van der Waals surface area contributed by atoms with Crippen LogP contribution in [-0.2, 0) is 4.79 Å². The molecule has 3 nitrogen and oxygen atoms in total. The number of nitrogens with one attached hydrogen (secondary N) is 1. The highest BCUT2D eigenvalue weighted by molar-refractivity contribution is 5.78. The second-order valence-electron chi connectivity index (χ2n) is 4.53. The first kappa shape index (κ1) is 12.5. The van der Waals surface area contributed by atoms with Crippen LogP contribution in [0.25, 0.3) is 0 Å². The van der Waals surface area contributed by atoms with E-state index in [1.165, 1.54) is 0 Å². The van der Waals surface area contributed by atoms with Gasteiger partial charge in [0.2, 0.25) is 5.91 Å². The van der Waals surface area contributed by atoms with Crippen molar-refractivity contribution in [3.05, 3.63) is 0 Å². The Hall–Kier alpha value is -0.570. The average molecular weight is 213 g/mol. The predicted molar refractivity (Wildman–Crippen MR) is 60.5 cm³/mol. The summed E-state index contributed by atoms with van der Waals surface area (Å²) in [6, 6.07) is 0.293. The molecule has 2 N–H and O–H groups in total. The van der Waals surface area contributed by atoms with Crippen molar-refractivity contribution >= 4 is 5.91 Å². The highest BCUT2D eigenvalue weighted by Crippen LogP contribution is 2.19. The van der Waals surface area contributed by atoms with Crippen molar-refractivity contribution in [1.82, 2.24) is 5.32 Å². The molecule has 0 saturated heterocycles. The molecule has 0 aromatic rings. The van der Waals surface area contributed by atoms with E-state index in [0.29, 0.717) is 6.04 Å². The summed E-state index contributed by atoms with van der Waals surface area (Å²) in [5.41, 5.74) is 0. The van der Waals surface area contributed by atoms with Crippen LogP contribution in [0.1, 0.15) is 52.4 Å². The molecule has 0 aromatic heterocycles. The highest BCUT2D eigenvalue weighted by Gasteiger charge is 2.23. The third kappa shape index (κ3) is 3.82. The highest BCUT2D eigenvalue weighted by atomic mass is 16.3. The van der Waals surface area contributed by atoms with E-state index in [2.05, 4.69) is 19.2 Å². The van der Waals surface area contributed by atoms with Gasteiger partial charge in [-0.15, -0.1) is 0 Å². The summed E-state index contributed by atoms with van der Waals surface area (Å²) in [5, 5.41) is 12.4. The summed E-state index contributed by atoms with van der Waals surface area (Å²) >= 11 is 0. The van der Waals surface area contributed by atoms with Crippen LogP contribution >= 0.6 is 0 Å². The largest absolute Gasteiger partial charge is 0.393 e. The molecular weight excluding hydrogens is 190 g/mol. The van der Waals surface area contributed by atoms with Gasteiger partial charge in [0.05, 0.1) is 6.10 Å². The zero-order chi connectivity index (χ0) is 11.3. The van der Waals surface area contributed by atoms with Gasteiger partial charge in [-0.25, -0.2) is 0 Å². The molecule has 0 unspecified atom stereocenters. The fourth-order valence-corrected chi connectivity index (χ4v) is 2.20. The number of hydrogen-bond donors (Lipinski definition) is 2. The molecule has 1 fully saturated rings. The van der Waals surface area contributed by atoms with E-state index in [9.17, 15) is 9.90 Å². The Morgan fingerprint density at radius 2 is 1.80 bits per heavy atom. The SMILES string of the molecule is CCC(CC)C(=O)NC1CCC(O)CC1. The third-order valence-electron chi connectivity index (χ3n) is 3.40. The van der Waals surface area contributed by atoms with E-state index >= 15 is 0 Å². The average Bonchev–Trinajstić information content (AvgIpc) is 2.23. The summed E-state index contributed by atoms with van der Waals surface area (Å²) in [6.45, 7) is 4.11. The van der Waals surface area contributed by atoms with Gasteiger partial charge >= 0.3 is 0 Å². The number of carbonyl (C=O) groups excluding carboxylic acids is 1. The van der Waals surface area contributed by atoms with Crippen molar-refractivity contribution in [3.8, 4) is 0 Å². The van der Waals surface area contributed by atoms with Crippen LogP contribution in [0.15, 0.2) is 0 Å². The lowest BCUT2D eigenvalue weighted by molar-refractivity contribution is -0.126. The standard InChI is InChI=1S/C12H23NO2/c1-3-9(4-2)12(15)13-10-5-7-11(14)8-6-10/h9-11,14H,3-8H2,1-2H3,(H,13,15). The van der Waals surface area contributed by atoms with Gasteiger partial charge in [-0.2, -0.15) is 0 Å². The van der Waals surface area contributed by atoms with Crippen LogP contribution in [0.4, 0.5) is 0 Å². The Labute approximate surface area is 92.3 Å². The maximum atomic E-state index is 11.8. The first-order valence-corrected chi connectivity index (χ1v) is 6.15. The molecule has 0 spiro atoms. The van der Waals surface area contributed by atoms with E-state index in [1.807, 2.05) is 0 Å². The van der Waals surface area contributed by atoms with E-state index in [-0.39, 0.29) is 17.9 Å². The number of hydrogen-bond acceptors (Lipinski definition) is 2. The van der Waals surface area contributed by atoms with Gasteiger partial charge < -0.3 is 10.4 Å². The molecule has 1 amide bonds. The van der Waals surface area contributed by atoms with Gasteiger partial charge in [0.15, 0.2) is 0 Å². The first-order chi connectivity index (χ1) is 7.17. The molecule has 0 aromatic carbocycles. The minimum Gasteiger partial charge on any atom is -0.393 e. The molecular formula is C12H23NO2. The van der Waals surface area contributed by atoms with Crippen molar-refractivity contribution in [1.29, 1.82) is 0 Å². The number of aliphatic hydroxyl groups excluding tert-OH is 1. The minimum atomic E-state index is -0.147. The van der Waals surface area contributed by atoms with Gasteiger partial charge in [-0.05, 0) is 38.5 Å². The lowest BCUT2D eigenvalue weighted by Crippen LogP contribution is -2.41. The molecule has 0 bridgehead atoms. The Morgan fingerprint density at radius 3 is 2.27 bits per heavy atom. The molecule has 1 aliphatic carbocycles. The number of aliphatic hydroxyl groups is 1. The van der Waals surface area contributed by atoms with E-state index in [1.54, 1.807) is 0 Å². The van der Waals surface area contributed by atoms with Crippen molar-refractivity contribution < 1.29 is 9.90 Å². The van der Waals surface area contributed by atoms with Gasteiger partial charge in [0.25, 0.3) is 0 Å². The maximum Gasteiger partial charge on any atom is 0.223 e. The molecule has 15 heavy (non-hydrogen) atoms. The minimum absolute atomic E-state index is 0.147. The fraction of sp³-hybridized carbons (Fsp3) is 0.917. The normalized spacial score (nSPS) is 26.7. The summed E-state index contributed by atoms with van der Waals surface area (Å²) < 4.78 is 0. The molecule has 3 heteroatoms. The van der Waals surface area contributed by atoms with E-state index < -0.39 is 0 Å². The van der Waals surface area contributed by atoms with Crippen LogP contribution < -0.4 is 5.32 Å². The Kier molecular flexibility index (Phi) is 5.09. The molecule has 1 aliphatic rings. The Bertz CT molecular complexity index is 194. The number of carbonyl (C=O) groups is 1. The monoisotopic (exact) mass is 213 g/mol. The number of amides is 1. The molecule has 88 valence electrons. The zero-order valence-electron chi connectivity index (χ0n) is 9.83. The van der Waals surface area contributed by atoms with Crippen LogP contribution in [0.5, 0.6) is 0 Å². The van der Waals surface area contributed by atoms with Crippen LogP contribution in [0.2, 0.25) is 0 Å². The Balaban J connectivity index is 2.31. The van der Waals surface area contributed by atoms with Gasteiger partial charge in [-0.3, -0.25) is 4.79 Å². The second-order valence-corrected chi connectivity index (χ2v) is 4.53. The van der Waals surface area contributed by atoms with Crippen LogP contribution in [0.3, 0.4) is 0 Å². The molecule has 0 heterocycles. The van der Waals surface area contributed by atoms with Crippen molar-refractivity contribution in [2.45, 2.75) is 64.5 Å². The Morgan fingerprint density at radius 1 is 1.27 bits per heavy atom. The molecule has 0 atom stereocenters. The first-order valence-electron chi connectivity index (χ1n) is 6.15. The lowest BCUT2D eigenvalue weighted by Gasteiger charge is -2.27. The lowest BCUT2D eigenvalue weighted by atomic mass is 9.92. The van der Waals surface area contributed by atoms with Crippen molar-refractivity contribution in [2.24, 2.45) is 5.92 Å². The maximum absolute atomic E-state index is 11.8. The molecule has 0 aliphatic heterocycles. The topological polar surface area (TPSA) is 49.3 Å². The van der Waals surface area contributed by atoms with Gasteiger partial charge in [-0.1, -0.05) is 13.8 Å². The van der Waals surface area contributed by atoms with Crippen LogP contribution in [-0.4, -0.2) is 23.2 Å². The summed E-state index contributed by atoms with van der Waals surface area (Å²) in [4.78, 5) is 11.8. The summed E-state index contributed by atoms with van der Waals surface area (Å²) in [7, 11) is 0. The molecule has 1 rings (SSSR count). The summed E-state index contributed by atoms with van der Waals surface area (Å²) in [5.74, 6) is 0.359. The van der Waals surface area contributed by atoms with Crippen LogP contribution in [0, 0.1) is 5.92 Å². The predicted octanol–water partition coefficient (Wildman–Crippen LogP) is 1.84. The molecule has 0 radical (unpaired) electrons. The van der Waals surface area contributed by atoms with Crippen molar-refractivity contribution in [3.63, 3.8) is 0 Å². The van der Waals surface area contributed by atoms with Gasteiger partial charge in [0.1, 0.15) is 0 Å². The summed E-state index contributed by atoms with van der Waals surface area (Å²) in [6.07, 6.45) is 5.18. The molecule has 1 saturated carbocycles.